The van der Waals surface area contributed by atoms with Crippen LogP contribution in [0.2, 0.25) is 0 Å². The van der Waals surface area contributed by atoms with Gasteiger partial charge in [0.05, 0.1) is 18.6 Å². The van der Waals surface area contributed by atoms with Crippen molar-refractivity contribution in [3.8, 4) is 5.75 Å². The minimum absolute atomic E-state index is 0.354. The topological polar surface area (TPSA) is 59.7 Å². The zero-order chi connectivity index (χ0) is 17.5. The van der Waals surface area contributed by atoms with Gasteiger partial charge in [0.1, 0.15) is 11.6 Å². The average Bonchev–Trinajstić information content (AvgIpc) is 2.67. The van der Waals surface area contributed by atoms with Crippen LogP contribution in [-0.4, -0.2) is 35.2 Å². The zero-order valence-corrected chi connectivity index (χ0v) is 14.9. The van der Waals surface area contributed by atoms with E-state index in [0.717, 1.165) is 36.0 Å². The molecule has 0 saturated heterocycles. The largest absolute Gasteiger partial charge is 0.494 e. The zero-order valence-electron chi connectivity index (χ0n) is 14.9. The fourth-order valence-electron chi connectivity index (χ4n) is 2.65. The molecule has 1 aliphatic rings. The Morgan fingerprint density at radius 2 is 1.84 bits per heavy atom. The van der Waals surface area contributed by atoms with Crippen LogP contribution in [0, 0.1) is 0 Å². The molecule has 0 amide bonds. The van der Waals surface area contributed by atoms with E-state index >= 15 is 0 Å². The number of amidine groups is 1. The van der Waals surface area contributed by atoms with Gasteiger partial charge in [0.2, 0.25) is 0 Å². The molecule has 2 heterocycles. The van der Waals surface area contributed by atoms with Crippen molar-refractivity contribution in [1.29, 1.82) is 0 Å². The van der Waals surface area contributed by atoms with Crippen molar-refractivity contribution in [2.75, 3.05) is 13.2 Å². The van der Waals surface area contributed by atoms with E-state index in [9.17, 15) is 0 Å². The number of rotatable bonds is 7. The summed E-state index contributed by atoms with van der Waals surface area (Å²) < 4.78 is 5.75. The lowest BCUT2D eigenvalue weighted by atomic mass is 9.90. The molecule has 1 aliphatic heterocycles. The van der Waals surface area contributed by atoms with E-state index in [1.807, 2.05) is 36.5 Å². The Hall–Kier alpha value is -2.56. The molecule has 130 valence electrons. The summed E-state index contributed by atoms with van der Waals surface area (Å²) in [6.45, 7) is 5.60. The summed E-state index contributed by atoms with van der Waals surface area (Å²) in [4.78, 5) is 17.9. The second-order valence-electron chi connectivity index (χ2n) is 6.47. The Bertz CT molecular complexity index is 740. The van der Waals surface area contributed by atoms with Crippen LogP contribution < -0.4 is 4.74 Å². The fourth-order valence-corrected chi connectivity index (χ4v) is 2.65. The molecule has 1 aromatic carbocycles. The van der Waals surface area contributed by atoms with Gasteiger partial charge in [0.25, 0.3) is 0 Å². The molecule has 0 spiro atoms. The van der Waals surface area contributed by atoms with Crippen LogP contribution in [0.5, 0.6) is 5.75 Å². The summed E-state index contributed by atoms with van der Waals surface area (Å²) in [5.41, 5.74) is 0.640. The molecule has 0 fully saturated rings. The van der Waals surface area contributed by atoms with Crippen molar-refractivity contribution in [2.45, 2.75) is 38.5 Å². The highest BCUT2D eigenvalue weighted by atomic mass is 16.5. The van der Waals surface area contributed by atoms with Crippen LogP contribution in [-0.2, 0) is 5.41 Å². The average molecular weight is 336 g/mol. The van der Waals surface area contributed by atoms with Gasteiger partial charge in [0, 0.05) is 24.2 Å². The van der Waals surface area contributed by atoms with E-state index in [1.54, 1.807) is 12.4 Å². The number of aromatic nitrogens is 2. The number of aliphatic imine (C=N–C) groups is 2. The molecule has 0 radical (unpaired) electrons. The Kier molecular flexibility index (Phi) is 5.53. The number of benzene rings is 1. The molecule has 1 unspecified atom stereocenters. The number of hydrogen-bond acceptors (Lipinski definition) is 5. The van der Waals surface area contributed by atoms with Gasteiger partial charge in [0.15, 0.2) is 5.84 Å². The normalized spacial score (nSPS) is 19.5. The van der Waals surface area contributed by atoms with E-state index in [2.05, 4.69) is 33.8 Å². The molecule has 5 nitrogen and oxygen atoms in total. The molecule has 0 N–H and O–H groups in total. The summed E-state index contributed by atoms with van der Waals surface area (Å²) in [6.07, 6.45) is 8.90. The minimum Gasteiger partial charge on any atom is -0.494 e. The first-order valence-corrected chi connectivity index (χ1v) is 8.82. The van der Waals surface area contributed by atoms with Crippen molar-refractivity contribution >= 4 is 12.1 Å². The quantitative estimate of drug-likeness (QED) is 0.722. The molecular formula is C20H24N4O. The molecule has 0 bridgehead atoms. The van der Waals surface area contributed by atoms with Crippen LogP contribution in [0.3, 0.4) is 0 Å². The highest BCUT2D eigenvalue weighted by molar-refractivity contribution is 6.05. The lowest BCUT2D eigenvalue weighted by molar-refractivity contribution is 0.306. The molecule has 0 saturated carbocycles. The predicted octanol–water partition coefficient (Wildman–Crippen LogP) is 3.83. The van der Waals surface area contributed by atoms with Crippen molar-refractivity contribution < 1.29 is 4.74 Å². The van der Waals surface area contributed by atoms with Crippen LogP contribution in [0.25, 0.3) is 0 Å². The SMILES string of the molecule is CCCCCOc1ccc(C2=NCC(C)(c3ncccn3)C=N2)cc1. The van der Waals surface area contributed by atoms with Gasteiger partial charge in [-0.15, -0.1) is 0 Å². The van der Waals surface area contributed by atoms with Crippen LogP contribution >= 0.6 is 0 Å². The first kappa shape index (κ1) is 17.3. The van der Waals surface area contributed by atoms with Crippen LogP contribution in [0.15, 0.2) is 52.7 Å². The number of ether oxygens (including phenoxy) is 1. The third-order valence-corrected chi connectivity index (χ3v) is 4.23. The molecule has 5 heteroatoms. The summed E-state index contributed by atoms with van der Waals surface area (Å²) in [7, 11) is 0. The number of nitrogens with zero attached hydrogens (tertiary/aromatic N) is 4. The van der Waals surface area contributed by atoms with Gasteiger partial charge in [-0.05, 0) is 43.7 Å². The Labute approximate surface area is 148 Å². The molecule has 1 aromatic heterocycles. The highest BCUT2D eigenvalue weighted by Gasteiger charge is 2.30. The number of unbranched alkanes of at least 4 members (excludes halogenated alkanes) is 2. The summed E-state index contributed by atoms with van der Waals surface area (Å²) in [5, 5.41) is 0. The molecule has 2 aromatic rings. The highest BCUT2D eigenvalue weighted by Crippen LogP contribution is 2.23. The molecule has 25 heavy (non-hydrogen) atoms. The maximum atomic E-state index is 5.75. The van der Waals surface area contributed by atoms with Gasteiger partial charge in [-0.1, -0.05) is 19.8 Å². The lowest BCUT2D eigenvalue weighted by Gasteiger charge is -2.24. The Morgan fingerprint density at radius 1 is 1.08 bits per heavy atom. The van der Waals surface area contributed by atoms with Gasteiger partial charge in [-0.2, -0.15) is 0 Å². The first-order valence-electron chi connectivity index (χ1n) is 8.82. The van der Waals surface area contributed by atoms with E-state index in [4.69, 9.17) is 4.74 Å². The molecule has 0 aliphatic carbocycles. The van der Waals surface area contributed by atoms with E-state index in [0.29, 0.717) is 6.54 Å². The summed E-state index contributed by atoms with van der Waals surface area (Å²) in [5.74, 6) is 2.38. The van der Waals surface area contributed by atoms with Gasteiger partial charge < -0.3 is 4.74 Å². The van der Waals surface area contributed by atoms with Crippen LogP contribution in [0.4, 0.5) is 0 Å². The standard InChI is InChI=1S/C20H24N4O/c1-3-4-5-13-25-17-9-7-16(8-10-17)18-23-14-20(2,15-24-18)19-21-11-6-12-22-19/h6-12,14H,3-5,13,15H2,1-2H3. The maximum absolute atomic E-state index is 5.75. The fraction of sp³-hybridized carbons (Fsp3) is 0.400. The van der Waals surface area contributed by atoms with E-state index in [-0.39, 0.29) is 5.41 Å². The van der Waals surface area contributed by atoms with Gasteiger partial charge in [-0.3, -0.25) is 4.99 Å². The minimum atomic E-state index is -0.354. The maximum Gasteiger partial charge on any atom is 0.154 e. The van der Waals surface area contributed by atoms with E-state index < -0.39 is 0 Å². The van der Waals surface area contributed by atoms with Gasteiger partial charge >= 0.3 is 0 Å². The van der Waals surface area contributed by atoms with Crippen molar-refractivity contribution in [3.63, 3.8) is 0 Å². The lowest BCUT2D eigenvalue weighted by Crippen LogP contribution is -2.33. The first-order chi connectivity index (χ1) is 12.2. The molecule has 1 atom stereocenters. The number of hydrogen-bond donors (Lipinski definition) is 0. The van der Waals surface area contributed by atoms with Gasteiger partial charge in [-0.25, -0.2) is 15.0 Å². The Morgan fingerprint density at radius 3 is 2.48 bits per heavy atom. The van der Waals surface area contributed by atoms with Crippen molar-refractivity contribution in [3.05, 3.63) is 54.1 Å². The van der Waals surface area contributed by atoms with Crippen LogP contribution in [0.1, 0.15) is 44.5 Å². The third-order valence-electron chi connectivity index (χ3n) is 4.23. The smallest absolute Gasteiger partial charge is 0.154 e. The molecule has 3 rings (SSSR count). The monoisotopic (exact) mass is 336 g/mol. The Balaban J connectivity index is 1.63. The summed E-state index contributed by atoms with van der Waals surface area (Å²) in [6, 6.07) is 9.79. The van der Waals surface area contributed by atoms with E-state index in [1.165, 1.54) is 12.8 Å². The molecular weight excluding hydrogens is 312 g/mol. The third kappa shape index (κ3) is 4.29. The second-order valence-corrected chi connectivity index (χ2v) is 6.47. The second kappa shape index (κ2) is 8.01. The van der Waals surface area contributed by atoms with Crippen molar-refractivity contribution in [2.24, 2.45) is 9.98 Å². The summed E-state index contributed by atoms with van der Waals surface area (Å²) >= 11 is 0. The van der Waals surface area contributed by atoms with Crippen molar-refractivity contribution in [1.82, 2.24) is 9.97 Å². The predicted molar refractivity (Wildman–Crippen MR) is 101 cm³/mol.